The van der Waals surface area contributed by atoms with Crippen molar-refractivity contribution in [3.63, 3.8) is 0 Å². The van der Waals surface area contributed by atoms with Gasteiger partial charge in [0.05, 0.1) is 12.1 Å². The van der Waals surface area contributed by atoms with Gasteiger partial charge in [-0.3, -0.25) is 29.6 Å². The summed E-state index contributed by atoms with van der Waals surface area (Å²) in [6.45, 7) is 0.189. The van der Waals surface area contributed by atoms with Gasteiger partial charge in [-0.15, -0.1) is 0 Å². The van der Waals surface area contributed by atoms with Crippen molar-refractivity contribution in [1.29, 1.82) is 0 Å². The van der Waals surface area contributed by atoms with E-state index in [2.05, 4.69) is 5.43 Å². The Morgan fingerprint density at radius 2 is 1.68 bits per heavy atom. The lowest BCUT2D eigenvalue weighted by atomic mass is 10.0. The van der Waals surface area contributed by atoms with E-state index in [4.69, 9.17) is 0 Å². The van der Waals surface area contributed by atoms with Crippen LogP contribution in [0.5, 0.6) is 0 Å². The average Bonchev–Trinajstić information content (AvgIpc) is 3.28. The van der Waals surface area contributed by atoms with Crippen molar-refractivity contribution < 1.29 is 32.7 Å². The molecule has 196 valence electrons. The summed E-state index contributed by atoms with van der Waals surface area (Å²) in [4.78, 5) is 49.4. The third kappa shape index (κ3) is 6.17. The molecule has 1 saturated heterocycles. The average molecular weight is 525 g/mol. The van der Waals surface area contributed by atoms with E-state index in [9.17, 15) is 37.5 Å². The number of halogens is 3. The number of aliphatic hydroxyl groups excluding tert-OH is 1. The van der Waals surface area contributed by atoms with E-state index in [-0.39, 0.29) is 43.0 Å². The highest BCUT2D eigenvalue weighted by Crippen LogP contribution is 2.18. The van der Waals surface area contributed by atoms with Gasteiger partial charge >= 0.3 is 5.91 Å². The number of ketones is 1. The fraction of sp³-hybridized carbons (Fsp3) is 0.185. The normalized spacial score (nSPS) is 13.6. The Balaban J connectivity index is 1.68. The first kappa shape index (κ1) is 26.4. The number of hydrazine groups is 1. The van der Waals surface area contributed by atoms with Crippen LogP contribution >= 0.6 is 0 Å². The molecule has 0 bridgehead atoms. The molecule has 2 aromatic carbocycles. The van der Waals surface area contributed by atoms with E-state index in [1.165, 1.54) is 47.2 Å². The van der Waals surface area contributed by atoms with E-state index in [1.807, 2.05) is 0 Å². The number of pyridine rings is 1. The van der Waals surface area contributed by atoms with Crippen LogP contribution in [0, 0.1) is 17.5 Å². The molecule has 1 aliphatic rings. The molecular formula is C27H22F3N3O5. The van der Waals surface area contributed by atoms with Crippen LogP contribution in [-0.2, 0) is 27.3 Å². The van der Waals surface area contributed by atoms with Crippen molar-refractivity contribution in [2.24, 2.45) is 0 Å². The zero-order chi connectivity index (χ0) is 27.4. The molecule has 38 heavy (non-hydrogen) atoms. The van der Waals surface area contributed by atoms with Gasteiger partial charge < -0.3 is 9.67 Å². The molecule has 4 rings (SSSR count). The predicted molar refractivity (Wildman–Crippen MR) is 130 cm³/mol. The summed E-state index contributed by atoms with van der Waals surface area (Å²) >= 11 is 0. The molecule has 2 heterocycles. The van der Waals surface area contributed by atoms with E-state index in [0.29, 0.717) is 29.7 Å². The van der Waals surface area contributed by atoms with Crippen LogP contribution in [0.3, 0.4) is 0 Å². The second-order valence-electron chi connectivity index (χ2n) is 8.72. The Kier molecular flexibility index (Phi) is 7.75. The summed E-state index contributed by atoms with van der Waals surface area (Å²) in [7, 11) is 0. The SMILES string of the molecule is O=C(C=C(O)c1cc(Cc2ccc(F)cc2F)cn(Cc2ccc(F)cc2)c1=O)C(=O)NN1CCCC1=O. The summed E-state index contributed by atoms with van der Waals surface area (Å²) in [6, 6.07) is 9.58. The number of carbonyl (C=O) groups excluding carboxylic acids is 3. The lowest BCUT2D eigenvalue weighted by molar-refractivity contribution is -0.143. The number of aromatic nitrogens is 1. The number of carbonyl (C=O) groups is 3. The minimum Gasteiger partial charge on any atom is -0.507 e. The van der Waals surface area contributed by atoms with Gasteiger partial charge in [0.2, 0.25) is 11.7 Å². The summed E-state index contributed by atoms with van der Waals surface area (Å²) in [5.74, 6) is -5.62. The number of aliphatic hydroxyl groups is 1. The molecule has 1 aromatic heterocycles. The highest BCUT2D eigenvalue weighted by atomic mass is 19.1. The Labute approximate surface area is 214 Å². The summed E-state index contributed by atoms with van der Waals surface area (Å²) in [5.41, 5.74) is 2.04. The van der Waals surface area contributed by atoms with Crippen molar-refractivity contribution in [3.05, 3.63) is 111 Å². The fourth-order valence-corrected chi connectivity index (χ4v) is 3.98. The molecule has 0 atom stereocenters. The minimum absolute atomic E-state index is 0.0510. The lowest BCUT2D eigenvalue weighted by Crippen LogP contribution is -2.45. The molecule has 3 aromatic rings. The van der Waals surface area contributed by atoms with Crippen LogP contribution in [-0.4, -0.2) is 38.8 Å². The third-order valence-electron chi connectivity index (χ3n) is 5.90. The smallest absolute Gasteiger partial charge is 0.310 e. The first-order valence-corrected chi connectivity index (χ1v) is 11.6. The van der Waals surface area contributed by atoms with Crippen molar-refractivity contribution in [2.75, 3.05) is 6.54 Å². The van der Waals surface area contributed by atoms with Gasteiger partial charge in [-0.1, -0.05) is 18.2 Å². The monoisotopic (exact) mass is 525 g/mol. The predicted octanol–water partition coefficient (Wildman–Crippen LogP) is 3.03. The van der Waals surface area contributed by atoms with Crippen molar-refractivity contribution in [2.45, 2.75) is 25.8 Å². The molecule has 0 unspecified atom stereocenters. The second kappa shape index (κ2) is 11.2. The maximum atomic E-state index is 14.3. The molecule has 0 radical (unpaired) electrons. The van der Waals surface area contributed by atoms with Crippen LogP contribution < -0.4 is 11.0 Å². The number of nitrogens with one attached hydrogen (secondary N) is 1. The second-order valence-corrected chi connectivity index (χ2v) is 8.72. The van der Waals surface area contributed by atoms with E-state index < -0.39 is 40.5 Å². The molecule has 1 aliphatic heterocycles. The Morgan fingerprint density at radius 1 is 0.974 bits per heavy atom. The standard InChI is InChI=1S/C27H22F3N3O5/c28-19-6-3-16(4-7-19)14-32-15-17(10-18-5-8-20(29)12-22(18)30)11-21(27(32)38)23(34)13-24(35)26(37)31-33-9-1-2-25(33)36/h3-8,11-13,15,34H,1-2,9-10,14H2,(H,31,37). The zero-order valence-electron chi connectivity index (χ0n) is 19.9. The van der Waals surface area contributed by atoms with Crippen LogP contribution in [0.2, 0.25) is 0 Å². The highest BCUT2D eigenvalue weighted by Gasteiger charge is 2.25. The van der Waals surface area contributed by atoms with Crippen molar-refractivity contribution >= 4 is 23.4 Å². The number of benzene rings is 2. The van der Waals surface area contributed by atoms with Gasteiger partial charge in [0.25, 0.3) is 5.56 Å². The van der Waals surface area contributed by atoms with Crippen molar-refractivity contribution in [1.82, 2.24) is 15.0 Å². The number of rotatable bonds is 8. The van der Waals surface area contributed by atoms with Crippen LogP contribution in [0.15, 0.2) is 65.6 Å². The Morgan fingerprint density at radius 3 is 2.34 bits per heavy atom. The summed E-state index contributed by atoms with van der Waals surface area (Å²) < 4.78 is 42.1. The van der Waals surface area contributed by atoms with Gasteiger partial charge in [-0.2, -0.15) is 0 Å². The lowest BCUT2D eigenvalue weighted by Gasteiger charge is -2.15. The molecule has 2 N–H and O–H groups in total. The van der Waals surface area contributed by atoms with Crippen LogP contribution in [0.1, 0.15) is 35.1 Å². The Bertz CT molecular complexity index is 1500. The first-order chi connectivity index (χ1) is 18.1. The van der Waals surface area contributed by atoms with Gasteiger partial charge in [-0.05, 0) is 47.4 Å². The largest absolute Gasteiger partial charge is 0.507 e. The molecular weight excluding hydrogens is 503 g/mol. The quantitative estimate of drug-likeness (QED) is 0.267. The number of amides is 2. The molecule has 0 aliphatic carbocycles. The fourth-order valence-electron chi connectivity index (χ4n) is 3.98. The molecule has 2 amide bonds. The molecule has 0 saturated carbocycles. The maximum Gasteiger partial charge on any atom is 0.310 e. The van der Waals surface area contributed by atoms with Gasteiger partial charge in [0.1, 0.15) is 23.2 Å². The molecule has 8 nitrogen and oxygen atoms in total. The zero-order valence-corrected chi connectivity index (χ0v) is 19.9. The van der Waals surface area contributed by atoms with E-state index in [1.54, 1.807) is 0 Å². The topological polar surface area (TPSA) is 109 Å². The van der Waals surface area contributed by atoms with Gasteiger partial charge in [0.15, 0.2) is 0 Å². The van der Waals surface area contributed by atoms with Crippen LogP contribution in [0.4, 0.5) is 13.2 Å². The van der Waals surface area contributed by atoms with Gasteiger partial charge in [-0.25, -0.2) is 13.2 Å². The minimum atomic E-state index is -1.21. The molecule has 1 fully saturated rings. The first-order valence-electron chi connectivity index (χ1n) is 11.6. The molecule has 0 spiro atoms. The summed E-state index contributed by atoms with van der Waals surface area (Å²) in [6.07, 6.45) is 2.60. The van der Waals surface area contributed by atoms with E-state index >= 15 is 0 Å². The third-order valence-corrected chi connectivity index (χ3v) is 5.90. The van der Waals surface area contributed by atoms with Crippen molar-refractivity contribution in [3.8, 4) is 0 Å². The van der Waals surface area contributed by atoms with Gasteiger partial charge in [0, 0.05) is 37.7 Å². The highest BCUT2D eigenvalue weighted by molar-refractivity contribution is 6.41. The number of hydrogen-bond donors (Lipinski definition) is 2. The van der Waals surface area contributed by atoms with Crippen LogP contribution in [0.25, 0.3) is 5.76 Å². The summed E-state index contributed by atoms with van der Waals surface area (Å²) in [5, 5.41) is 11.6. The number of nitrogens with zero attached hydrogens (tertiary/aromatic N) is 2. The maximum absolute atomic E-state index is 14.3. The van der Waals surface area contributed by atoms with E-state index in [0.717, 1.165) is 11.1 Å². The molecule has 11 heteroatoms. The Hall–Kier alpha value is -4.67. The number of hydrogen-bond acceptors (Lipinski definition) is 5.